The summed E-state index contributed by atoms with van der Waals surface area (Å²) < 4.78 is 4.60. The van der Waals surface area contributed by atoms with Crippen LogP contribution in [-0.2, 0) is 4.74 Å². The van der Waals surface area contributed by atoms with Crippen molar-refractivity contribution in [3.63, 3.8) is 0 Å². The first-order chi connectivity index (χ1) is 7.40. The van der Waals surface area contributed by atoms with Crippen molar-refractivity contribution in [2.45, 2.75) is 18.7 Å². The molecule has 0 aliphatic heterocycles. The number of aromatic hydroxyl groups is 1. The number of ether oxygens (including phenoxy) is 1. The molecule has 0 saturated heterocycles. The molecule has 16 heavy (non-hydrogen) atoms. The van der Waals surface area contributed by atoms with Crippen LogP contribution in [0, 0.1) is 13.8 Å². The topological polar surface area (TPSA) is 46.5 Å². The van der Waals surface area contributed by atoms with E-state index < -0.39 is 10.8 Å². The highest BCUT2D eigenvalue weighted by Crippen LogP contribution is 2.37. The molecule has 0 heterocycles. The second-order valence-electron chi connectivity index (χ2n) is 3.44. The first kappa shape index (κ1) is 13.1. The number of phenolic OH excluding ortho intramolecular Hbond substituents is 1. The molecule has 0 aromatic heterocycles. The first-order valence-corrected chi connectivity index (χ1v) is 5.47. The van der Waals surface area contributed by atoms with E-state index in [0.29, 0.717) is 11.1 Å². The molecule has 0 aliphatic carbocycles. The average Bonchev–Trinajstić information content (AvgIpc) is 2.21. The van der Waals surface area contributed by atoms with Crippen molar-refractivity contribution < 1.29 is 14.6 Å². The Kier molecular flexibility index (Phi) is 4.05. The molecular formula is C11H12Cl2O3. The lowest BCUT2D eigenvalue weighted by Crippen LogP contribution is -2.08. The van der Waals surface area contributed by atoms with Crippen LogP contribution in [0.4, 0.5) is 0 Å². The van der Waals surface area contributed by atoms with Crippen molar-refractivity contribution in [2.75, 3.05) is 7.11 Å². The highest BCUT2D eigenvalue weighted by Gasteiger charge is 2.24. The van der Waals surface area contributed by atoms with Gasteiger partial charge in [-0.05, 0) is 25.0 Å². The Morgan fingerprint density at radius 1 is 1.38 bits per heavy atom. The van der Waals surface area contributed by atoms with Crippen molar-refractivity contribution in [3.8, 4) is 5.75 Å². The zero-order valence-corrected chi connectivity index (χ0v) is 10.7. The number of esters is 1. The molecule has 0 bridgehead atoms. The Labute approximate surface area is 104 Å². The van der Waals surface area contributed by atoms with Gasteiger partial charge < -0.3 is 9.84 Å². The van der Waals surface area contributed by atoms with Crippen molar-refractivity contribution in [3.05, 3.63) is 28.3 Å². The van der Waals surface area contributed by atoms with Gasteiger partial charge in [0.2, 0.25) is 0 Å². The number of methoxy groups -OCH3 is 1. The number of rotatable bonds is 2. The van der Waals surface area contributed by atoms with Crippen molar-refractivity contribution in [1.82, 2.24) is 0 Å². The van der Waals surface area contributed by atoms with E-state index in [0.717, 1.165) is 5.56 Å². The van der Waals surface area contributed by atoms with Gasteiger partial charge >= 0.3 is 5.97 Å². The monoisotopic (exact) mass is 262 g/mol. The summed E-state index contributed by atoms with van der Waals surface area (Å²) in [5.74, 6) is -0.788. The van der Waals surface area contributed by atoms with E-state index in [-0.39, 0.29) is 11.3 Å². The van der Waals surface area contributed by atoms with Gasteiger partial charge in [0, 0.05) is 5.56 Å². The van der Waals surface area contributed by atoms with Crippen molar-refractivity contribution >= 4 is 29.2 Å². The van der Waals surface area contributed by atoms with E-state index >= 15 is 0 Å². The summed E-state index contributed by atoms with van der Waals surface area (Å²) >= 11 is 11.6. The minimum Gasteiger partial charge on any atom is -0.507 e. The van der Waals surface area contributed by atoms with E-state index in [2.05, 4.69) is 4.74 Å². The maximum Gasteiger partial charge on any atom is 0.342 e. The molecule has 5 heteroatoms. The van der Waals surface area contributed by atoms with Gasteiger partial charge in [-0.15, -0.1) is 23.2 Å². The number of carbonyl (C=O) groups is 1. The molecule has 0 aliphatic rings. The number of carbonyl (C=O) groups excluding carboxylic acids is 1. The number of aryl methyl sites for hydroxylation is 2. The van der Waals surface area contributed by atoms with Crippen LogP contribution in [0.5, 0.6) is 5.75 Å². The maximum atomic E-state index is 11.6. The summed E-state index contributed by atoms with van der Waals surface area (Å²) in [6, 6.07) is 1.72. The quantitative estimate of drug-likeness (QED) is 0.658. The third-order valence-corrected chi connectivity index (χ3v) is 2.78. The Bertz CT molecular complexity index is 428. The minimum absolute atomic E-state index is 0.0370. The fourth-order valence-electron chi connectivity index (χ4n) is 1.58. The molecule has 0 radical (unpaired) electrons. The summed E-state index contributed by atoms with van der Waals surface area (Å²) in [4.78, 5) is 10.7. The third kappa shape index (κ3) is 2.25. The van der Waals surface area contributed by atoms with E-state index in [1.54, 1.807) is 19.9 Å². The number of halogens is 2. The minimum atomic E-state index is -0.888. The van der Waals surface area contributed by atoms with Crippen molar-refractivity contribution in [2.24, 2.45) is 0 Å². The molecule has 1 aromatic carbocycles. The summed E-state index contributed by atoms with van der Waals surface area (Å²) in [6.45, 7) is 3.46. The van der Waals surface area contributed by atoms with E-state index in [9.17, 15) is 9.90 Å². The summed E-state index contributed by atoms with van der Waals surface area (Å²) in [5.41, 5.74) is 1.75. The number of phenols is 1. The van der Waals surface area contributed by atoms with Gasteiger partial charge in [0.25, 0.3) is 0 Å². The van der Waals surface area contributed by atoms with Crippen LogP contribution in [0.1, 0.15) is 31.9 Å². The molecule has 0 atom stereocenters. The van der Waals surface area contributed by atoms with Gasteiger partial charge in [-0.3, -0.25) is 0 Å². The second-order valence-corrected chi connectivity index (χ2v) is 4.54. The molecule has 0 amide bonds. The first-order valence-electron chi connectivity index (χ1n) is 4.59. The lowest BCUT2D eigenvalue weighted by Gasteiger charge is -2.15. The standard InChI is InChI=1S/C11H12Cl2O3/c1-5-4-6(2)9(14)8(11(15)16-3)7(5)10(12)13/h4,10,14H,1-3H3. The Balaban J connectivity index is 3.58. The lowest BCUT2D eigenvalue weighted by molar-refractivity contribution is 0.0596. The van der Waals surface area contributed by atoms with E-state index in [1.807, 2.05) is 0 Å². The van der Waals surface area contributed by atoms with Crippen LogP contribution in [0.15, 0.2) is 6.07 Å². The smallest absolute Gasteiger partial charge is 0.342 e. The molecule has 1 N–H and O–H groups in total. The fraction of sp³-hybridized carbons (Fsp3) is 0.364. The van der Waals surface area contributed by atoms with Crippen LogP contribution >= 0.6 is 23.2 Å². The van der Waals surface area contributed by atoms with Crippen LogP contribution in [-0.4, -0.2) is 18.2 Å². The highest BCUT2D eigenvalue weighted by molar-refractivity contribution is 6.44. The van der Waals surface area contributed by atoms with Gasteiger partial charge in [0.05, 0.1) is 7.11 Å². The lowest BCUT2D eigenvalue weighted by atomic mass is 9.98. The number of hydrogen-bond acceptors (Lipinski definition) is 3. The largest absolute Gasteiger partial charge is 0.507 e. The van der Waals surface area contributed by atoms with Crippen LogP contribution < -0.4 is 0 Å². The molecule has 88 valence electrons. The number of alkyl halides is 2. The van der Waals surface area contributed by atoms with Gasteiger partial charge in [0.1, 0.15) is 16.1 Å². The second kappa shape index (κ2) is 4.93. The van der Waals surface area contributed by atoms with Crippen LogP contribution in [0.2, 0.25) is 0 Å². The Morgan fingerprint density at radius 3 is 2.38 bits per heavy atom. The third-order valence-electron chi connectivity index (χ3n) is 2.35. The maximum absolute atomic E-state index is 11.6. The molecule has 3 nitrogen and oxygen atoms in total. The molecule has 0 saturated carbocycles. The predicted molar refractivity (Wildman–Crippen MR) is 63.4 cm³/mol. The highest BCUT2D eigenvalue weighted by atomic mass is 35.5. The van der Waals surface area contributed by atoms with Crippen LogP contribution in [0.25, 0.3) is 0 Å². The molecule has 1 aromatic rings. The molecule has 0 unspecified atom stereocenters. The molecule has 0 fully saturated rings. The predicted octanol–water partition coefficient (Wildman–Crippen LogP) is 3.27. The van der Waals surface area contributed by atoms with Gasteiger partial charge in [-0.2, -0.15) is 0 Å². The van der Waals surface area contributed by atoms with Gasteiger partial charge in [0.15, 0.2) is 0 Å². The fourth-order valence-corrected chi connectivity index (χ4v) is 2.15. The summed E-state index contributed by atoms with van der Waals surface area (Å²) in [7, 11) is 1.24. The summed E-state index contributed by atoms with van der Waals surface area (Å²) in [5, 5.41) is 9.84. The molecule has 0 spiro atoms. The van der Waals surface area contributed by atoms with Gasteiger partial charge in [-0.1, -0.05) is 6.07 Å². The average molecular weight is 263 g/mol. The Hall–Kier alpha value is -0.930. The van der Waals surface area contributed by atoms with Gasteiger partial charge in [-0.25, -0.2) is 4.79 Å². The number of hydrogen-bond donors (Lipinski definition) is 1. The molecule has 1 rings (SSSR count). The Morgan fingerprint density at radius 2 is 1.94 bits per heavy atom. The van der Waals surface area contributed by atoms with E-state index in [4.69, 9.17) is 23.2 Å². The molecular weight excluding hydrogens is 251 g/mol. The summed E-state index contributed by atoms with van der Waals surface area (Å²) in [6.07, 6.45) is 0. The van der Waals surface area contributed by atoms with Crippen LogP contribution in [0.3, 0.4) is 0 Å². The van der Waals surface area contributed by atoms with Crippen molar-refractivity contribution in [1.29, 1.82) is 0 Å². The van der Waals surface area contributed by atoms with E-state index in [1.165, 1.54) is 7.11 Å². The zero-order valence-electron chi connectivity index (χ0n) is 9.17. The number of benzene rings is 1. The SMILES string of the molecule is COC(=O)c1c(O)c(C)cc(C)c1C(Cl)Cl. The zero-order chi connectivity index (χ0) is 12.5. The normalized spacial score (nSPS) is 10.6.